The Morgan fingerprint density at radius 1 is 1.13 bits per heavy atom. The molecule has 1 atom stereocenters. The zero-order valence-electron chi connectivity index (χ0n) is 14.4. The molecule has 0 aromatic heterocycles. The van der Waals surface area contributed by atoms with Gasteiger partial charge in [-0.2, -0.15) is 0 Å². The second-order valence-electron chi connectivity index (χ2n) is 6.56. The van der Waals surface area contributed by atoms with E-state index in [-0.39, 0.29) is 0 Å². The smallest absolute Gasteiger partial charge is 0.339 e. The maximum absolute atomic E-state index is 12.1. The molecular weight excluding hydrogens is 296 g/mol. The van der Waals surface area contributed by atoms with Crippen LogP contribution in [0.25, 0.3) is 0 Å². The third-order valence-corrected chi connectivity index (χ3v) is 2.98. The van der Waals surface area contributed by atoms with Gasteiger partial charge in [-0.15, -0.1) is 0 Å². The van der Waals surface area contributed by atoms with E-state index in [0.29, 0.717) is 5.56 Å². The third kappa shape index (κ3) is 6.10. The molecule has 0 saturated carbocycles. The second kappa shape index (κ2) is 7.26. The predicted molar refractivity (Wildman–Crippen MR) is 87.2 cm³/mol. The van der Waals surface area contributed by atoms with Crippen molar-refractivity contribution in [1.82, 2.24) is 10.6 Å². The van der Waals surface area contributed by atoms with Crippen LogP contribution in [0.15, 0.2) is 18.2 Å². The monoisotopic (exact) mass is 320 g/mol. The largest absolute Gasteiger partial charge is 0.449 e. The Labute approximate surface area is 136 Å². The number of amides is 3. The maximum Gasteiger partial charge on any atom is 0.339 e. The van der Waals surface area contributed by atoms with Crippen molar-refractivity contribution in [2.45, 2.75) is 53.2 Å². The average molecular weight is 320 g/mol. The fraction of sp³-hybridized carbons (Fsp3) is 0.471. The molecule has 0 aliphatic carbocycles. The molecule has 0 saturated heterocycles. The highest BCUT2D eigenvalue weighted by molar-refractivity contribution is 5.99. The van der Waals surface area contributed by atoms with Crippen molar-refractivity contribution < 1.29 is 19.1 Å². The van der Waals surface area contributed by atoms with Crippen LogP contribution in [0.2, 0.25) is 0 Å². The summed E-state index contributed by atoms with van der Waals surface area (Å²) in [6, 6.07) is 4.68. The van der Waals surface area contributed by atoms with Gasteiger partial charge in [0.25, 0.3) is 5.91 Å². The maximum atomic E-state index is 12.1. The molecule has 0 bridgehead atoms. The third-order valence-electron chi connectivity index (χ3n) is 2.98. The lowest BCUT2D eigenvalue weighted by molar-refractivity contribution is -0.127. The Bertz CT molecular complexity index is 618. The van der Waals surface area contributed by atoms with Crippen molar-refractivity contribution in [2.75, 3.05) is 0 Å². The summed E-state index contributed by atoms with van der Waals surface area (Å²) in [6.45, 7) is 10.5. The predicted octanol–water partition coefficient (Wildman–Crippen LogP) is 2.47. The molecule has 6 heteroatoms. The van der Waals surface area contributed by atoms with E-state index in [0.717, 1.165) is 11.1 Å². The van der Waals surface area contributed by atoms with Crippen molar-refractivity contribution in [3.63, 3.8) is 0 Å². The molecule has 0 spiro atoms. The minimum absolute atomic E-state index is 0.398. The van der Waals surface area contributed by atoms with E-state index in [1.54, 1.807) is 39.8 Å². The molecule has 0 radical (unpaired) electrons. The summed E-state index contributed by atoms with van der Waals surface area (Å²) in [5.41, 5.74) is 1.73. The molecule has 2 N–H and O–H groups in total. The van der Waals surface area contributed by atoms with Crippen molar-refractivity contribution in [2.24, 2.45) is 0 Å². The summed E-state index contributed by atoms with van der Waals surface area (Å²) in [6.07, 6.45) is -1.08. The van der Waals surface area contributed by atoms with Crippen LogP contribution in [0.3, 0.4) is 0 Å². The van der Waals surface area contributed by atoms with Crippen LogP contribution in [0, 0.1) is 13.8 Å². The Hall–Kier alpha value is -2.37. The first-order valence-corrected chi connectivity index (χ1v) is 7.41. The number of aryl methyl sites for hydroxylation is 2. The number of benzene rings is 1. The number of hydrogen-bond donors (Lipinski definition) is 2. The minimum Gasteiger partial charge on any atom is -0.449 e. The average Bonchev–Trinajstić information content (AvgIpc) is 2.35. The summed E-state index contributed by atoms with van der Waals surface area (Å²) in [5.74, 6) is -1.27. The van der Waals surface area contributed by atoms with E-state index >= 15 is 0 Å². The molecule has 0 heterocycles. The van der Waals surface area contributed by atoms with E-state index in [9.17, 15) is 14.4 Å². The fourth-order valence-corrected chi connectivity index (χ4v) is 1.91. The highest BCUT2D eigenvalue weighted by Crippen LogP contribution is 2.12. The fourth-order valence-electron chi connectivity index (χ4n) is 1.91. The summed E-state index contributed by atoms with van der Waals surface area (Å²) in [5, 5.41) is 4.74. The van der Waals surface area contributed by atoms with Crippen LogP contribution in [-0.4, -0.2) is 29.6 Å². The van der Waals surface area contributed by atoms with Gasteiger partial charge in [0.05, 0.1) is 5.56 Å². The van der Waals surface area contributed by atoms with Crippen molar-refractivity contribution in [3.05, 3.63) is 34.9 Å². The molecule has 1 aromatic carbocycles. The van der Waals surface area contributed by atoms with Crippen LogP contribution in [-0.2, 0) is 9.53 Å². The van der Waals surface area contributed by atoms with Gasteiger partial charge >= 0.3 is 12.0 Å². The molecule has 0 aliphatic heterocycles. The van der Waals surface area contributed by atoms with Crippen molar-refractivity contribution in [3.8, 4) is 0 Å². The summed E-state index contributed by atoms with van der Waals surface area (Å²) in [4.78, 5) is 35.6. The number of urea groups is 1. The number of esters is 1. The van der Waals surface area contributed by atoms with Crippen LogP contribution >= 0.6 is 0 Å². The van der Waals surface area contributed by atoms with Crippen LogP contribution in [0.5, 0.6) is 0 Å². The Balaban J connectivity index is 2.64. The molecule has 1 unspecified atom stereocenters. The summed E-state index contributed by atoms with van der Waals surface area (Å²) in [7, 11) is 0. The Kier molecular flexibility index (Phi) is 5.90. The van der Waals surface area contributed by atoms with Crippen molar-refractivity contribution in [1.29, 1.82) is 0 Å². The molecule has 3 amide bonds. The van der Waals surface area contributed by atoms with Crippen LogP contribution in [0.1, 0.15) is 49.2 Å². The molecule has 1 rings (SSSR count). The number of rotatable bonds is 3. The first kappa shape index (κ1) is 18.7. The summed E-state index contributed by atoms with van der Waals surface area (Å²) < 4.78 is 5.12. The lowest BCUT2D eigenvalue weighted by Crippen LogP contribution is -2.50. The van der Waals surface area contributed by atoms with E-state index in [4.69, 9.17) is 4.74 Å². The lowest BCUT2D eigenvalue weighted by Gasteiger charge is -2.21. The van der Waals surface area contributed by atoms with Crippen molar-refractivity contribution >= 4 is 17.9 Å². The number of hydrogen-bond acceptors (Lipinski definition) is 4. The number of nitrogens with one attached hydrogen (secondary N) is 2. The quantitative estimate of drug-likeness (QED) is 0.838. The Morgan fingerprint density at radius 2 is 1.74 bits per heavy atom. The topological polar surface area (TPSA) is 84.5 Å². The van der Waals surface area contributed by atoms with Gasteiger partial charge in [-0.25, -0.2) is 9.59 Å². The highest BCUT2D eigenvalue weighted by atomic mass is 16.5. The molecule has 0 fully saturated rings. The van der Waals surface area contributed by atoms with Gasteiger partial charge in [-0.05, 0) is 53.2 Å². The highest BCUT2D eigenvalue weighted by Gasteiger charge is 2.23. The van der Waals surface area contributed by atoms with Gasteiger partial charge in [0.1, 0.15) is 0 Å². The van der Waals surface area contributed by atoms with Crippen LogP contribution in [0.4, 0.5) is 4.79 Å². The van der Waals surface area contributed by atoms with Crippen LogP contribution < -0.4 is 10.6 Å². The number of imide groups is 1. The first-order valence-electron chi connectivity index (χ1n) is 7.41. The van der Waals surface area contributed by atoms with E-state index < -0.39 is 29.6 Å². The molecular formula is C17H24N2O4. The first-order chi connectivity index (χ1) is 10.5. The van der Waals surface area contributed by atoms with Gasteiger partial charge in [0.2, 0.25) is 0 Å². The standard InChI is InChI=1S/C17H24N2O4/c1-10-7-8-13(11(2)9-10)15(21)23-12(3)14(20)18-16(22)19-17(4,5)6/h7-9,12H,1-6H3,(H2,18,19,20,22). The molecule has 1 aromatic rings. The van der Waals surface area contributed by atoms with Gasteiger partial charge < -0.3 is 10.1 Å². The Morgan fingerprint density at radius 3 is 2.26 bits per heavy atom. The van der Waals surface area contributed by atoms with Gasteiger partial charge in [-0.1, -0.05) is 17.7 Å². The zero-order chi connectivity index (χ0) is 17.8. The van der Waals surface area contributed by atoms with Gasteiger partial charge in [-0.3, -0.25) is 10.1 Å². The summed E-state index contributed by atoms with van der Waals surface area (Å²) >= 11 is 0. The van der Waals surface area contributed by atoms with E-state index in [1.165, 1.54) is 6.92 Å². The van der Waals surface area contributed by atoms with E-state index in [2.05, 4.69) is 10.6 Å². The lowest BCUT2D eigenvalue weighted by atomic mass is 10.1. The zero-order valence-corrected chi connectivity index (χ0v) is 14.4. The minimum atomic E-state index is -1.08. The van der Waals surface area contributed by atoms with E-state index in [1.807, 2.05) is 13.0 Å². The molecule has 23 heavy (non-hydrogen) atoms. The number of carbonyl (C=O) groups excluding carboxylic acids is 3. The number of ether oxygens (including phenoxy) is 1. The number of carbonyl (C=O) groups is 3. The SMILES string of the molecule is Cc1ccc(C(=O)OC(C)C(=O)NC(=O)NC(C)(C)C)c(C)c1. The van der Waals surface area contributed by atoms with Gasteiger partial charge in [0, 0.05) is 5.54 Å². The molecule has 126 valence electrons. The normalized spacial score (nSPS) is 12.3. The molecule has 0 aliphatic rings. The molecule has 6 nitrogen and oxygen atoms in total. The van der Waals surface area contributed by atoms with Gasteiger partial charge in [0.15, 0.2) is 6.10 Å². The second-order valence-corrected chi connectivity index (χ2v) is 6.56.